The van der Waals surface area contributed by atoms with Gasteiger partial charge < -0.3 is 10.1 Å². The number of amides is 1. The highest BCUT2D eigenvalue weighted by molar-refractivity contribution is 7.10. The molecule has 1 saturated heterocycles. The summed E-state index contributed by atoms with van der Waals surface area (Å²) in [7, 11) is 0. The van der Waals surface area contributed by atoms with Crippen LogP contribution in [0.25, 0.3) is 0 Å². The molecule has 0 spiro atoms. The molecule has 1 aliphatic heterocycles. The summed E-state index contributed by atoms with van der Waals surface area (Å²) in [5, 5.41) is 5.23. The van der Waals surface area contributed by atoms with Crippen LogP contribution in [0.5, 0.6) is 0 Å². The number of rotatable bonds is 7. The third-order valence-corrected chi connectivity index (χ3v) is 6.06. The topological polar surface area (TPSA) is 58.6 Å². The van der Waals surface area contributed by atoms with Gasteiger partial charge >= 0.3 is 5.97 Å². The maximum Gasteiger partial charge on any atom is 0.309 e. The van der Waals surface area contributed by atoms with Gasteiger partial charge in [-0.15, -0.1) is 11.3 Å². The number of aryl methyl sites for hydroxylation is 1. The summed E-state index contributed by atoms with van der Waals surface area (Å²) >= 11 is 1.65. The number of likely N-dealkylation sites (tertiary alicyclic amines) is 1. The minimum atomic E-state index is -0.134. The van der Waals surface area contributed by atoms with Crippen LogP contribution in [-0.4, -0.2) is 43.0 Å². The molecule has 150 valence electrons. The van der Waals surface area contributed by atoms with Gasteiger partial charge in [-0.1, -0.05) is 35.9 Å². The minimum Gasteiger partial charge on any atom is -0.466 e. The minimum absolute atomic E-state index is 0.00793. The van der Waals surface area contributed by atoms with Gasteiger partial charge in [0.2, 0.25) is 5.91 Å². The first-order valence-electron chi connectivity index (χ1n) is 9.85. The van der Waals surface area contributed by atoms with E-state index in [1.54, 1.807) is 11.3 Å². The SMILES string of the molecule is CCOC(=O)C1CCN(CC(=O)NC(c2ccc(C)cc2)c2cccs2)CC1. The maximum absolute atomic E-state index is 12.7. The first-order chi connectivity index (χ1) is 13.6. The molecule has 28 heavy (non-hydrogen) atoms. The molecule has 3 rings (SSSR count). The monoisotopic (exact) mass is 400 g/mol. The lowest BCUT2D eigenvalue weighted by atomic mass is 9.97. The second kappa shape index (κ2) is 9.85. The smallest absolute Gasteiger partial charge is 0.309 e. The number of hydrogen-bond acceptors (Lipinski definition) is 5. The number of carbonyl (C=O) groups is 2. The Balaban J connectivity index is 1.58. The van der Waals surface area contributed by atoms with E-state index >= 15 is 0 Å². The van der Waals surface area contributed by atoms with Crippen molar-refractivity contribution in [3.05, 3.63) is 57.8 Å². The quantitative estimate of drug-likeness (QED) is 0.723. The van der Waals surface area contributed by atoms with E-state index in [0.29, 0.717) is 13.2 Å². The van der Waals surface area contributed by atoms with Crippen LogP contribution in [0.4, 0.5) is 0 Å². The average molecular weight is 401 g/mol. The highest BCUT2D eigenvalue weighted by atomic mass is 32.1. The molecule has 5 nitrogen and oxygen atoms in total. The third-order valence-electron chi connectivity index (χ3n) is 5.12. The van der Waals surface area contributed by atoms with Crippen LogP contribution in [0, 0.1) is 12.8 Å². The molecule has 1 aliphatic rings. The summed E-state index contributed by atoms with van der Waals surface area (Å²) in [5.41, 5.74) is 2.28. The van der Waals surface area contributed by atoms with Crippen LogP contribution in [0.2, 0.25) is 0 Å². The van der Waals surface area contributed by atoms with Crippen molar-refractivity contribution in [2.45, 2.75) is 32.7 Å². The predicted octanol–water partition coefficient (Wildman–Crippen LogP) is 3.54. The van der Waals surface area contributed by atoms with Gasteiger partial charge in [0, 0.05) is 4.88 Å². The molecule has 0 aliphatic carbocycles. The number of nitrogens with one attached hydrogen (secondary N) is 1. The number of benzene rings is 1. The zero-order chi connectivity index (χ0) is 19.9. The normalized spacial score (nSPS) is 16.5. The lowest BCUT2D eigenvalue weighted by Crippen LogP contribution is -2.43. The molecule has 1 unspecified atom stereocenters. The molecular formula is C22H28N2O3S. The Morgan fingerprint density at radius 3 is 2.54 bits per heavy atom. The fraction of sp³-hybridized carbons (Fsp3) is 0.455. The molecule has 1 N–H and O–H groups in total. The molecule has 0 radical (unpaired) electrons. The molecule has 1 amide bonds. The highest BCUT2D eigenvalue weighted by Gasteiger charge is 2.27. The molecule has 2 aromatic rings. The fourth-order valence-corrected chi connectivity index (χ4v) is 4.33. The number of nitrogens with zero attached hydrogens (tertiary/aromatic N) is 1. The average Bonchev–Trinajstić information content (AvgIpc) is 3.22. The van der Waals surface area contributed by atoms with Crippen molar-refractivity contribution in [2.24, 2.45) is 5.92 Å². The van der Waals surface area contributed by atoms with Gasteiger partial charge in [0.15, 0.2) is 0 Å². The molecule has 1 aromatic carbocycles. The van der Waals surface area contributed by atoms with Gasteiger partial charge in [0.05, 0.1) is 25.1 Å². The van der Waals surface area contributed by atoms with E-state index in [4.69, 9.17) is 4.74 Å². The Bertz CT molecular complexity index is 766. The van der Waals surface area contributed by atoms with E-state index in [1.807, 2.05) is 18.4 Å². The van der Waals surface area contributed by atoms with Crippen LogP contribution in [-0.2, 0) is 14.3 Å². The number of esters is 1. The number of carbonyl (C=O) groups excluding carboxylic acids is 2. The van der Waals surface area contributed by atoms with Crippen molar-refractivity contribution >= 4 is 23.2 Å². The summed E-state index contributed by atoms with van der Waals surface area (Å²) < 4.78 is 5.11. The Kier molecular flexibility index (Phi) is 7.23. The van der Waals surface area contributed by atoms with Crippen molar-refractivity contribution in [1.82, 2.24) is 10.2 Å². The number of piperidine rings is 1. The van der Waals surface area contributed by atoms with Crippen molar-refractivity contribution in [3.8, 4) is 0 Å². The van der Waals surface area contributed by atoms with Gasteiger partial charge in [0.1, 0.15) is 0 Å². The van der Waals surface area contributed by atoms with Crippen LogP contribution < -0.4 is 5.32 Å². The van der Waals surface area contributed by atoms with E-state index in [9.17, 15) is 9.59 Å². The number of ether oxygens (including phenoxy) is 1. The molecular weight excluding hydrogens is 372 g/mol. The van der Waals surface area contributed by atoms with Gasteiger partial charge in [-0.2, -0.15) is 0 Å². The van der Waals surface area contributed by atoms with Crippen molar-refractivity contribution in [1.29, 1.82) is 0 Å². The lowest BCUT2D eigenvalue weighted by molar-refractivity contribution is -0.149. The van der Waals surface area contributed by atoms with Crippen LogP contribution in [0.15, 0.2) is 41.8 Å². The zero-order valence-electron chi connectivity index (χ0n) is 16.5. The Morgan fingerprint density at radius 2 is 1.93 bits per heavy atom. The molecule has 6 heteroatoms. The fourth-order valence-electron chi connectivity index (χ4n) is 3.53. The summed E-state index contributed by atoms with van der Waals surface area (Å²) in [6.07, 6.45) is 1.50. The van der Waals surface area contributed by atoms with E-state index in [-0.39, 0.29) is 23.8 Å². The van der Waals surface area contributed by atoms with E-state index in [1.165, 1.54) is 5.56 Å². The van der Waals surface area contributed by atoms with Gasteiger partial charge in [-0.05, 0) is 56.8 Å². The summed E-state index contributed by atoms with van der Waals surface area (Å²) in [4.78, 5) is 27.8. The molecule has 2 heterocycles. The molecule has 1 aromatic heterocycles. The Labute approximate surface area is 170 Å². The van der Waals surface area contributed by atoms with Crippen molar-refractivity contribution < 1.29 is 14.3 Å². The third kappa shape index (κ3) is 5.42. The standard InChI is InChI=1S/C22H28N2O3S/c1-3-27-22(26)18-10-12-24(13-11-18)15-20(25)23-21(19-5-4-14-28-19)17-8-6-16(2)7-9-17/h4-9,14,18,21H,3,10-13,15H2,1-2H3,(H,23,25). The van der Waals surface area contributed by atoms with Crippen molar-refractivity contribution in [3.63, 3.8) is 0 Å². The zero-order valence-corrected chi connectivity index (χ0v) is 17.3. The van der Waals surface area contributed by atoms with Gasteiger partial charge in [-0.25, -0.2) is 0 Å². The summed E-state index contributed by atoms with van der Waals surface area (Å²) in [6, 6.07) is 12.2. The van der Waals surface area contributed by atoms with E-state index < -0.39 is 0 Å². The van der Waals surface area contributed by atoms with Crippen LogP contribution in [0.1, 0.15) is 41.8 Å². The van der Waals surface area contributed by atoms with Crippen LogP contribution >= 0.6 is 11.3 Å². The summed E-state index contributed by atoms with van der Waals surface area (Å²) in [6.45, 7) is 6.14. The molecule has 0 saturated carbocycles. The largest absolute Gasteiger partial charge is 0.466 e. The molecule has 1 fully saturated rings. The molecule has 0 bridgehead atoms. The Hall–Kier alpha value is -2.18. The first kappa shape index (κ1) is 20.6. The number of hydrogen-bond donors (Lipinski definition) is 1. The van der Waals surface area contributed by atoms with Crippen LogP contribution in [0.3, 0.4) is 0 Å². The maximum atomic E-state index is 12.7. The second-order valence-corrected chi connectivity index (χ2v) is 8.21. The van der Waals surface area contributed by atoms with Crippen molar-refractivity contribution in [2.75, 3.05) is 26.2 Å². The highest BCUT2D eigenvalue weighted by Crippen LogP contribution is 2.26. The Morgan fingerprint density at radius 1 is 1.21 bits per heavy atom. The first-order valence-corrected chi connectivity index (χ1v) is 10.7. The van der Waals surface area contributed by atoms with Gasteiger partial charge in [-0.3, -0.25) is 14.5 Å². The number of thiophene rings is 1. The predicted molar refractivity (Wildman–Crippen MR) is 111 cm³/mol. The van der Waals surface area contributed by atoms with E-state index in [0.717, 1.165) is 36.4 Å². The van der Waals surface area contributed by atoms with E-state index in [2.05, 4.69) is 47.5 Å². The lowest BCUT2D eigenvalue weighted by Gasteiger charge is -2.30. The summed E-state index contributed by atoms with van der Waals surface area (Å²) in [5.74, 6) is -0.136. The van der Waals surface area contributed by atoms with Gasteiger partial charge in [0.25, 0.3) is 0 Å². The molecule has 1 atom stereocenters. The second-order valence-electron chi connectivity index (χ2n) is 7.23.